The van der Waals surface area contributed by atoms with Gasteiger partial charge in [-0.25, -0.2) is 4.98 Å². The Labute approximate surface area is 97.9 Å². The average molecular weight is 239 g/mol. The summed E-state index contributed by atoms with van der Waals surface area (Å²) in [5.41, 5.74) is 0. The van der Waals surface area contributed by atoms with E-state index in [9.17, 15) is 0 Å². The molecule has 0 bridgehead atoms. The average Bonchev–Trinajstić information content (AvgIpc) is 2.63. The van der Waals surface area contributed by atoms with E-state index in [1.807, 2.05) is 21.0 Å². The van der Waals surface area contributed by atoms with Crippen molar-refractivity contribution in [2.24, 2.45) is 0 Å². The van der Waals surface area contributed by atoms with Crippen molar-refractivity contribution in [3.8, 4) is 5.95 Å². The number of halogens is 1. The molecule has 0 aliphatic heterocycles. The van der Waals surface area contributed by atoms with Gasteiger partial charge in [0.15, 0.2) is 0 Å². The van der Waals surface area contributed by atoms with Gasteiger partial charge < -0.3 is 4.90 Å². The molecule has 2 aromatic rings. The summed E-state index contributed by atoms with van der Waals surface area (Å²) in [5.74, 6) is 1.79. The molecule has 0 unspecified atom stereocenters. The van der Waals surface area contributed by atoms with E-state index in [0.717, 1.165) is 5.82 Å². The third kappa shape index (κ3) is 1.96. The van der Waals surface area contributed by atoms with Gasteiger partial charge in [-0.15, -0.1) is 0 Å². The van der Waals surface area contributed by atoms with Crippen LogP contribution in [0.2, 0.25) is 5.28 Å². The summed E-state index contributed by atoms with van der Waals surface area (Å²) in [7, 11) is 3.69. The third-order valence-electron chi connectivity index (χ3n) is 2.03. The number of hydrogen-bond acceptors (Lipinski definition) is 5. The Morgan fingerprint density at radius 2 is 2.00 bits per heavy atom. The van der Waals surface area contributed by atoms with Crippen molar-refractivity contribution in [2.75, 3.05) is 19.0 Å². The van der Waals surface area contributed by atoms with Gasteiger partial charge in [-0.1, -0.05) is 0 Å². The topological polar surface area (TPSA) is 59.7 Å². The van der Waals surface area contributed by atoms with Crippen LogP contribution >= 0.6 is 11.6 Å². The minimum Gasteiger partial charge on any atom is -0.347 e. The first-order chi connectivity index (χ1) is 7.58. The molecule has 2 aromatic heterocycles. The second kappa shape index (κ2) is 4.05. The van der Waals surface area contributed by atoms with Gasteiger partial charge in [-0.3, -0.25) is 4.57 Å². The number of aromatic nitrogens is 5. The van der Waals surface area contributed by atoms with Crippen molar-refractivity contribution in [1.29, 1.82) is 0 Å². The molecular formula is C9H11ClN6. The molecule has 84 valence electrons. The van der Waals surface area contributed by atoms with E-state index in [2.05, 4.69) is 19.9 Å². The predicted octanol–water partition coefficient (Wildman–Crippen LogP) is 1.09. The molecule has 0 aliphatic rings. The molecule has 0 atom stereocenters. The van der Waals surface area contributed by atoms with E-state index in [-0.39, 0.29) is 5.28 Å². The van der Waals surface area contributed by atoms with E-state index in [4.69, 9.17) is 11.6 Å². The Bertz CT molecular complexity index is 506. The highest BCUT2D eigenvalue weighted by atomic mass is 35.5. The molecule has 0 N–H and O–H groups in total. The minimum absolute atomic E-state index is 0.168. The summed E-state index contributed by atoms with van der Waals surface area (Å²) in [6, 6.07) is 0. The van der Waals surface area contributed by atoms with Crippen LogP contribution in [-0.4, -0.2) is 38.6 Å². The highest BCUT2D eigenvalue weighted by Crippen LogP contribution is 2.12. The smallest absolute Gasteiger partial charge is 0.241 e. The van der Waals surface area contributed by atoms with Crippen LogP contribution in [0.5, 0.6) is 0 Å². The van der Waals surface area contributed by atoms with Crippen LogP contribution in [0.15, 0.2) is 12.4 Å². The normalized spacial score (nSPS) is 10.5. The summed E-state index contributed by atoms with van der Waals surface area (Å²) in [6.07, 6.45) is 3.46. The van der Waals surface area contributed by atoms with E-state index in [0.29, 0.717) is 11.9 Å². The molecule has 2 rings (SSSR count). The molecule has 0 radical (unpaired) electrons. The van der Waals surface area contributed by atoms with Gasteiger partial charge in [0.25, 0.3) is 0 Å². The first-order valence-electron chi connectivity index (χ1n) is 4.67. The van der Waals surface area contributed by atoms with Gasteiger partial charge in [0, 0.05) is 26.5 Å². The zero-order valence-corrected chi connectivity index (χ0v) is 9.97. The Balaban J connectivity index is 2.54. The lowest BCUT2D eigenvalue weighted by molar-refractivity contribution is 0.845. The van der Waals surface area contributed by atoms with Gasteiger partial charge in [0.05, 0.1) is 0 Å². The van der Waals surface area contributed by atoms with Gasteiger partial charge >= 0.3 is 0 Å². The molecular weight excluding hydrogens is 228 g/mol. The summed E-state index contributed by atoms with van der Waals surface area (Å²) in [5, 5.41) is 0.168. The summed E-state index contributed by atoms with van der Waals surface area (Å²) in [6.45, 7) is 1.87. The van der Waals surface area contributed by atoms with Gasteiger partial charge in [-0.2, -0.15) is 15.0 Å². The van der Waals surface area contributed by atoms with Crippen LogP contribution in [0.25, 0.3) is 5.95 Å². The lowest BCUT2D eigenvalue weighted by atomic mass is 10.7. The number of nitrogens with zero attached hydrogens (tertiary/aromatic N) is 6. The van der Waals surface area contributed by atoms with Crippen molar-refractivity contribution in [3.05, 3.63) is 23.5 Å². The third-order valence-corrected chi connectivity index (χ3v) is 2.19. The Morgan fingerprint density at radius 1 is 1.25 bits per heavy atom. The molecule has 16 heavy (non-hydrogen) atoms. The van der Waals surface area contributed by atoms with Crippen LogP contribution in [0.1, 0.15) is 5.82 Å². The maximum atomic E-state index is 5.84. The Morgan fingerprint density at radius 3 is 2.56 bits per heavy atom. The molecule has 0 aliphatic carbocycles. The lowest BCUT2D eigenvalue weighted by Gasteiger charge is -2.11. The molecule has 0 fully saturated rings. The zero-order chi connectivity index (χ0) is 11.7. The highest BCUT2D eigenvalue weighted by molar-refractivity contribution is 6.28. The van der Waals surface area contributed by atoms with Crippen LogP contribution < -0.4 is 4.90 Å². The quantitative estimate of drug-likeness (QED) is 0.784. The van der Waals surface area contributed by atoms with Crippen LogP contribution in [0.3, 0.4) is 0 Å². The van der Waals surface area contributed by atoms with Crippen molar-refractivity contribution >= 4 is 17.5 Å². The molecule has 2 heterocycles. The van der Waals surface area contributed by atoms with Crippen molar-refractivity contribution < 1.29 is 0 Å². The summed E-state index contributed by atoms with van der Waals surface area (Å²) in [4.78, 5) is 18.2. The summed E-state index contributed by atoms with van der Waals surface area (Å²) >= 11 is 5.84. The number of imidazole rings is 1. The fraction of sp³-hybridized carbons (Fsp3) is 0.333. The second-order valence-electron chi connectivity index (χ2n) is 3.44. The molecule has 0 amide bonds. The van der Waals surface area contributed by atoms with E-state index >= 15 is 0 Å². The molecule has 0 saturated carbocycles. The van der Waals surface area contributed by atoms with Gasteiger partial charge in [-0.05, 0) is 18.5 Å². The van der Waals surface area contributed by atoms with E-state index < -0.39 is 0 Å². The number of hydrogen-bond donors (Lipinski definition) is 0. The van der Waals surface area contributed by atoms with Gasteiger partial charge in [0.1, 0.15) is 5.82 Å². The monoisotopic (exact) mass is 238 g/mol. The Kier molecular flexibility index (Phi) is 2.74. The van der Waals surface area contributed by atoms with Crippen LogP contribution in [0, 0.1) is 6.92 Å². The summed E-state index contributed by atoms with van der Waals surface area (Å²) < 4.78 is 1.75. The number of anilines is 1. The largest absolute Gasteiger partial charge is 0.347 e. The van der Waals surface area contributed by atoms with E-state index in [1.54, 1.807) is 21.9 Å². The van der Waals surface area contributed by atoms with Crippen molar-refractivity contribution in [3.63, 3.8) is 0 Å². The Hall–Kier alpha value is -1.69. The van der Waals surface area contributed by atoms with Crippen LogP contribution in [0.4, 0.5) is 5.95 Å². The highest BCUT2D eigenvalue weighted by Gasteiger charge is 2.09. The van der Waals surface area contributed by atoms with Crippen LogP contribution in [-0.2, 0) is 0 Å². The van der Waals surface area contributed by atoms with Crippen molar-refractivity contribution in [2.45, 2.75) is 6.92 Å². The maximum absolute atomic E-state index is 5.84. The molecule has 0 saturated heterocycles. The minimum atomic E-state index is 0.168. The predicted molar refractivity (Wildman–Crippen MR) is 61.0 cm³/mol. The lowest BCUT2D eigenvalue weighted by Crippen LogP contribution is -2.15. The molecule has 6 nitrogen and oxygen atoms in total. The zero-order valence-electron chi connectivity index (χ0n) is 9.22. The van der Waals surface area contributed by atoms with Crippen molar-refractivity contribution in [1.82, 2.24) is 24.5 Å². The molecule has 7 heteroatoms. The fourth-order valence-electron chi connectivity index (χ4n) is 1.23. The van der Waals surface area contributed by atoms with Gasteiger partial charge in [0.2, 0.25) is 17.2 Å². The molecule has 0 spiro atoms. The van der Waals surface area contributed by atoms with E-state index in [1.165, 1.54) is 0 Å². The second-order valence-corrected chi connectivity index (χ2v) is 3.78. The SMILES string of the molecule is Cc1nccn1-c1nc(Cl)nc(N(C)C)n1. The maximum Gasteiger partial charge on any atom is 0.241 e. The molecule has 0 aromatic carbocycles. The first-order valence-corrected chi connectivity index (χ1v) is 5.05. The first kappa shape index (κ1) is 10.8. The fourth-order valence-corrected chi connectivity index (χ4v) is 1.38. The number of aryl methyl sites for hydroxylation is 1. The standard InChI is InChI=1S/C9H11ClN6/c1-6-11-4-5-16(6)9-13-7(10)12-8(14-9)15(2)3/h4-5H,1-3H3. The number of rotatable bonds is 2.